The highest BCUT2D eigenvalue weighted by Gasteiger charge is 2.19. The van der Waals surface area contributed by atoms with Crippen LogP contribution >= 0.6 is 0 Å². The number of urea groups is 1. The molecular weight excluding hydrogens is 352 g/mol. The number of hydrogen-bond acceptors (Lipinski definition) is 3. The molecule has 0 heterocycles. The SMILES string of the molecule is N#CCN(NC(=O)Nc1ccc2ccccc2c1)C(=O)CCC1CCCCC1. The molecule has 2 aromatic carbocycles. The lowest BCUT2D eigenvalue weighted by Crippen LogP contribution is -2.48. The normalized spacial score (nSPS) is 14.2. The molecule has 6 heteroatoms. The highest BCUT2D eigenvalue weighted by Crippen LogP contribution is 2.27. The fraction of sp³-hybridized carbons (Fsp3) is 0.409. The number of nitrogens with one attached hydrogen (secondary N) is 2. The Labute approximate surface area is 165 Å². The molecule has 0 radical (unpaired) electrons. The Morgan fingerprint density at radius 3 is 2.57 bits per heavy atom. The summed E-state index contributed by atoms with van der Waals surface area (Å²) in [6, 6.07) is 14.9. The highest BCUT2D eigenvalue weighted by molar-refractivity contribution is 5.94. The Kier molecular flexibility index (Phi) is 6.85. The van der Waals surface area contributed by atoms with Crippen LogP contribution in [0.1, 0.15) is 44.9 Å². The Morgan fingerprint density at radius 2 is 1.82 bits per heavy atom. The van der Waals surface area contributed by atoms with Gasteiger partial charge in [-0.15, -0.1) is 0 Å². The number of hydrazine groups is 1. The van der Waals surface area contributed by atoms with Gasteiger partial charge in [-0.1, -0.05) is 62.4 Å². The molecule has 0 unspecified atom stereocenters. The van der Waals surface area contributed by atoms with E-state index in [0.717, 1.165) is 22.2 Å². The van der Waals surface area contributed by atoms with Crippen molar-refractivity contribution in [3.63, 3.8) is 0 Å². The minimum Gasteiger partial charge on any atom is -0.307 e. The quantitative estimate of drug-likeness (QED) is 0.589. The molecule has 1 aliphatic carbocycles. The molecule has 6 nitrogen and oxygen atoms in total. The second-order valence-electron chi connectivity index (χ2n) is 7.31. The largest absolute Gasteiger partial charge is 0.338 e. The van der Waals surface area contributed by atoms with E-state index in [1.165, 1.54) is 32.1 Å². The molecule has 0 aromatic heterocycles. The van der Waals surface area contributed by atoms with Crippen LogP contribution in [0.15, 0.2) is 42.5 Å². The standard InChI is InChI=1S/C22H26N4O2/c23-14-15-26(21(27)13-10-17-6-2-1-3-7-17)25-22(28)24-20-12-11-18-8-4-5-9-19(18)16-20/h4-5,8-9,11-12,16-17H,1-3,6-7,10,13,15H2,(H2,24,25,28). The Balaban J connectivity index is 1.55. The lowest BCUT2D eigenvalue weighted by atomic mass is 9.86. The van der Waals surface area contributed by atoms with Crippen LogP contribution in [0, 0.1) is 17.2 Å². The summed E-state index contributed by atoms with van der Waals surface area (Å²) < 4.78 is 0. The van der Waals surface area contributed by atoms with E-state index in [2.05, 4.69) is 10.7 Å². The molecule has 3 amide bonds. The number of fused-ring (bicyclic) bond motifs is 1. The average Bonchev–Trinajstić information content (AvgIpc) is 2.72. The van der Waals surface area contributed by atoms with Gasteiger partial charge in [-0.2, -0.15) is 5.26 Å². The smallest absolute Gasteiger partial charge is 0.307 e. The predicted molar refractivity (Wildman–Crippen MR) is 109 cm³/mol. The number of nitriles is 1. The Bertz CT molecular complexity index is 868. The van der Waals surface area contributed by atoms with Crippen LogP contribution in [0.2, 0.25) is 0 Å². The van der Waals surface area contributed by atoms with Gasteiger partial charge in [-0.25, -0.2) is 15.2 Å². The second-order valence-corrected chi connectivity index (χ2v) is 7.31. The number of benzene rings is 2. The number of anilines is 1. The van der Waals surface area contributed by atoms with Gasteiger partial charge in [0.25, 0.3) is 0 Å². The van der Waals surface area contributed by atoms with Crippen molar-refractivity contribution in [1.29, 1.82) is 5.26 Å². The van der Waals surface area contributed by atoms with E-state index < -0.39 is 6.03 Å². The Hall–Kier alpha value is -3.07. The van der Waals surface area contributed by atoms with Crippen LogP contribution in [0.3, 0.4) is 0 Å². The predicted octanol–water partition coefficient (Wildman–Crippen LogP) is 4.59. The molecule has 0 aliphatic heterocycles. The molecular formula is C22H26N4O2. The summed E-state index contributed by atoms with van der Waals surface area (Å²) in [5, 5.41) is 14.9. The molecule has 3 rings (SSSR count). The monoisotopic (exact) mass is 378 g/mol. The van der Waals surface area contributed by atoms with Crippen LogP contribution in [0.25, 0.3) is 10.8 Å². The number of rotatable bonds is 5. The summed E-state index contributed by atoms with van der Waals surface area (Å²) in [7, 11) is 0. The summed E-state index contributed by atoms with van der Waals surface area (Å²) in [6.45, 7) is -0.172. The number of amides is 3. The van der Waals surface area contributed by atoms with Crippen molar-refractivity contribution in [2.45, 2.75) is 44.9 Å². The van der Waals surface area contributed by atoms with Crippen molar-refractivity contribution >= 4 is 28.4 Å². The average molecular weight is 378 g/mol. The van der Waals surface area contributed by atoms with Crippen molar-refractivity contribution in [2.75, 3.05) is 11.9 Å². The maximum absolute atomic E-state index is 12.5. The number of carbonyl (C=O) groups excluding carboxylic acids is 2. The third-order valence-corrected chi connectivity index (χ3v) is 5.26. The molecule has 0 spiro atoms. The fourth-order valence-electron chi connectivity index (χ4n) is 3.75. The molecule has 0 bridgehead atoms. The zero-order valence-corrected chi connectivity index (χ0v) is 16.0. The van der Waals surface area contributed by atoms with E-state index in [1.54, 1.807) is 6.07 Å². The van der Waals surface area contributed by atoms with E-state index in [4.69, 9.17) is 5.26 Å². The summed E-state index contributed by atoms with van der Waals surface area (Å²) in [5.41, 5.74) is 3.14. The van der Waals surface area contributed by atoms with E-state index in [1.807, 2.05) is 42.5 Å². The van der Waals surface area contributed by atoms with Gasteiger partial charge in [0.05, 0.1) is 6.07 Å². The first-order valence-corrected chi connectivity index (χ1v) is 9.89. The van der Waals surface area contributed by atoms with E-state index in [9.17, 15) is 9.59 Å². The van der Waals surface area contributed by atoms with Gasteiger partial charge in [-0.3, -0.25) is 4.79 Å². The van der Waals surface area contributed by atoms with Gasteiger partial charge in [0.1, 0.15) is 6.54 Å². The number of hydrogen-bond donors (Lipinski definition) is 2. The lowest BCUT2D eigenvalue weighted by molar-refractivity contribution is -0.133. The van der Waals surface area contributed by atoms with Crippen molar-refractivity contribution in [3.05, 3.63) is 42.5 Å². The first-order chi connectivity index (χ1) is 13.7. The second kappa shape index (κ2) is 9.75. The summed E-state index contributed by atoms with van der Waals surface area (Å²) >= 11 is 0. The van der Waals surface area contributed by atoms with Crippen LogP contribution in [-0.4, -0.2) is 23.5 Å². The van der Waals surface area contributed by atoms with Crippen molar-refractivity contribution in [1.82, 2.24) is 10.4 Å². The lowest BCUT2D eigenvalue weighted by Gasteiger charge is -2.24. The van der Waals surface area contributed by atoms with Crippen LogP contribution in [0.4, 0.5) is 10.5 Å². The summed E-state index contributed by atoms with van der Waals surface area (Å²) in [6.07, 6.45) is 7.24. The molecule has 1 fully saturated rings. The van der Waals surface area contributed by atoms with Gasteiger partial charge in [-0.05, 0) is 35.2 Å². The Morgan fingerprint density at radius 1 is 1.07 bits per heavy atom. The van der Waals surface area contributed by atoms with Gasteiger partial charge in [0.2, 0.25) is 5.91 Å². The van der Waals surface area contributed by atoms with Crippen molar-refractivity contribution < 1.29 is 9.59 Å². The molecule has 1 saturated carbocycles. The first-order valence-electron chi connectivity index (χ1n) is 9.89. The zero-order chi connectivity index (χ0) is 19.8. The van der Waals surface area contributed by atoms with Crippen LogP contribution in [0.5, 0.6) is 0 Å². The third kappa shape index (κ3) is 5.46. The van der Waals surface area contributed by atoms with Gasteiger partial charge in [0.15, 0.2) is 0 Å². The van der Waals surface area contributed by atoms with E-state index in [0.29, 0.717) is 18.0 Å². The molecule has 28 heavy (non-hydrogen) atoms. The maximum Gasteiger partial charge on any atom is 0.338 e. The minimum atomic E-state index is -0.531. The molecule has 146 valence electrons. The van der Waals surface area contributed by atoms with Gasteiger partial charge >= 0.3 is 6.03 Å². The molecule has 2 aromatic rings. The summed E-state index contributed by atoms with van der Waals surface area (Å²) in [5.74, 6) is 0.355. The molecule has 0 atom stereocenters. The third-order valence-electron chi connectivity index (χ3n) is 5.26. The van der Waals surface area contributed by atoms with E-state index >= 15 is 0 Å². The topological polar surface area (TPSA) is 85.2 Å². The highest BCUT2D eigenvalue weighted by atomic mass is 16.2. The van der Waals surface area contributed by atoms with Crippen LogP contribution < -0.4 is 10.7 Å². The van der Waals surface area contributed by atoms with Gasteiger partial charge < -0.3 is 5.32 Å². The van der Waals surface area contributed by atoms with E-state index in [-0.39, 0.29) is 12.5 Å². The van der Waals surface area contributed by atoms with Crippen molar-refractivity contribution in [2.24, 2.45) is 5.92 Å². The molecule has 1 aliphatic rings. The van der Waals surface area contributed by atoms with Crippen LogP contribution in [-0.2, 0) is 4.79 Å². The fourth-order valence-corrected chi connectivity index (χ4v) is 3.75. The maximum atomic E-state index is 12.5. The van der Waals surface area contributed by atoms with Crippen molar-refractivity contribution in [3.8, 4) is 6.07 Å². The van der Waals surface area contributed by atoms with Gasteiger partial charge in [0, 0.05) is 12.1 Å². The minimum absolute atomic E-state index is 0.172. The number of carbonyl (C=O) groups is 2. The number of nitrogens with zero attached hydrogens (tertiary/aromatic N) is 2. The first kappa shape index (κ1) is 19.7. The summed E-state index contributed by atoms with van der Waals surface area (Å²) in [4.78, 5) is 24.8. The zero-order valence-electron chi connectivity index (χ0n) is 16.0. The molecule has 2 N–H and O–H groups in total. The molecule has 0 saturated heterocycles.